The molecule has 102 valence electrons. The van der Waals surface area contributed by atoms with E-state index in [0.29, 0.717) is 36.3 Å². The number of carbonyl (C=O) groups is 1. The summed E-state index contributed by atoms with van der Waals surface area (Å²) in [6.07, 6.45) is 2.18. The lowest BCUT2D eigenvalue weighted by Crippen LogP contribution is -2.26. The molecule has 1 aromatic rings. The van der Waals surface area contributed by atoms with Crippen molar-refractivity contribution < 1.29 is 14.3 Å². The molecule has 1 aromatic carbocycles. The van der Waals surface area contributed by atoms with Gasteiger partial charge in [0.1, 0.15) is 0 Å². The molecule has 0 spiro atoms. The normalized spacial score (nSPS) is 20.5. The molecule has 19 heavy (non-hydrogen) atoms. The highest BCUT2D eigenvalue weighted by molar-refractivity contribution is 5.95. The third-order valence-corrected chi connectivity index (χ3v) is 3.36. The van der Waals surface area contributed by atoms with Gasteiger partial charge in [-0.05, 0) is 31.0 Å². The van der Waals surface area contributed by atoms with Crippen molar-refractivity contribution in [3.05, 3.63) is 23.8 Å². The standard InChI is InChI=1S/C15H19NO3/c1-15(2)8-18-12-6-3-10(7-13(12)19-9-15)14(17)16-11-4-5-11/h3,6-7,11H,4-5,8-9H2,1-2H3,(H,16,17). The van der Waals surface area contributed by atoms with Crippen molar-refractivity contribution in [3.63, 3.8) is 0 Å². The van der Waals surface area contributed by atoms with Gasteiger partial charge in [0.15, 0.2) is 11.5 Å². The zero-order chi connectivity index (χ0) is 13.5. The first kappa shape index (κ1) is 12.3. The summed E-state index contributed by atoms with van der Waals surface area (Å²) in [6.45, 7) is 5.40. The van der Waals surface area contributed by atoms with Crippen molar-refractivity contribution in [3.8, 4) is 11.5 Å². The number of amides is 1. The molecule has 1 heterocycles. The predicted octanol–water partition coefficient (Wildman–Crippen LogP) is 2.38. The van der Waals surface area contributed by atoms with Gasteiger partial charge in [0, 0.05) is 17.0 Å². The molecule has 3 rings (SSSR count). The second-order valence-electron chi connectivity index (χ2n) is 6.15. The number of carbonyl (C=O) groups excluding carboxylic acids is 1. The topological polar surface area (TPSA) is 47.6 Å². The SMILES string of the molecule is CC1(C)COc2ccc(C(=O)NC3CC3)cc2OC1. The first-order valence-corrected chi connectivity index (χ1v) is 6.74. The van der Waals surface area contributed by atoms with Crippen molar-refractivity contribution >= 4 is 5.91 Å². The maximum absolute atomic E-state index is 12.0. The molecule has 0 bridgehead atoms. The highest BCUT2D eigenvalue weighted by Gasteiger charge is 2.27. The largest absolute Gasteiger partial charge is 0.489 e. The minimum absolute atomic E-state index is 0.0184. The lowest BCUT2D eigenvalue weighted by Gasteiger charge is -2.19. The number of ether oxygens (including phenoxy) is 2. The lowest BCUT2D eigenvalue weighted by molar-refractivity contribution is 0.0950. The number of benzene rings is 1. The summed E-state index contributed by atoms with van der Waals surface area (Å²) in [6, 6.07) is 5.74. The van der Waals surface area contributed by atoms with E-state index in [1.807, 2.05) is 6.07 Å². The van der Waals surface area contributed by atoms with Crippen molar-refractivity contribution in [2.24, 2.45) is 5.41 Å². The molecule has 4 heteroatoms. The van der Waals surface area contributed by atoms with E-state index in [-0.39, 0.29) is 11.3 Å². The van der Waals surface area contributed by atoms with Gasteiger partial charge in [-0.15, -0.1) is 0 Å². The Balaban J connectivity index is 1.79. The van der Waals surface area contributed by atoms with Gasteiger partial charge >= 0.3 is 0 Å². The van der Waals surface area contributed by atoms with Crippen LogP contribution in [0.1, 0.15) is 37.0 Å². The Hall–Kier alpha value is -1.71. The second kappa shape index (κ2) is 4.44. The van der Waals surface area contributed by atoms with E-state index in [1.165, 1.54) is 0 Å². The van der Waals surface area contributed by atoms with Crippen LogP contribution in [-0.4, -0.2) is 25.2 Å². The van der Waals surface area contributed by atoms with Crippen LogP contribution >= 0.6 is 0 Å². The van der Waals surface area contributed by atoms with Gasteiger partial charge in [-0.3, -0.25) is 4.79 Å². The Labute approximate surface area is 113 Å². The summed E-state index contributed by atoms with van der Waals surface area (Å²) in [5.41, 5.74) is 0.615. The summed E-state index contributed by atoms with van der Waals surface area (Å²) >= 11 is 0. The summed E-state index contributed by atoms with van der Waals surface area (Å²) in [4.78, 5) is 12.0. The van der Waals surface area contributed by atoms with Gasteiger partial charge in [-0.25, -0.2) is 0 Å². The van der Waals surface area contributed by atoms with E-state index in [9.17, 15) is 4.79 Å². The molecule has 0 aromatic heterocycles. The predicted molar refractivity (Wildman–Crippen MR) is 71.7 cm³/mol. The molecule has 0 radical (unpaired) electrons. The lowest BCUT2D eigenvalue weighted by atomic mass is 9.97. The molecule has 4 nitrogen and oxygen atoms in total. The van der Waals surface area contributed by atoms with Gasteiger partial charge in [-0.2, -0.15) is 0 Å². The fourth-order valence-corrected chi connectivity index (χ4v) is 1.97. The zero-order valence-electron chi connectivity index (χ0n) is 11.4. The van der Waals surface area contributed by atoms with Crippen LogP contribution in [0.4, 0.5) is 0 Å². The minimum Gasteiger partial charge on any atom is -0.489 e. The zero-order valence-corrected chi connectivity index (χ0v) is 11.4. The molecule has 1 N–H and O–H groups in total. The molecule has 0 saturated heterocycles. The fraction of sp³-hybridized carbons (Fsp3) is 0.533. The molecular weight excluding hydrogens is 242 g/mol. The molecule has 0 atom stereocenters. The van der Waals surface area contributed by atoms with Crippen LogP contribution in [0.2, 0.25) is 0 Å². The first-order valence-electron chi connectivity index (χ1n) is 6.74. The molecule has 1 aliphatic carbocycles. The van der Waals surface area contributed by atoms with E-state index in [4.69, 9.17) is 9.47 Å². The van der Waals surface area contributed by atoms with Crippen LogP contribution < -0.4 is 14.8 Å². The monoisotopic (exact) mass is 261 g/mol. The second-order valence-corrected chi connectivity index (χ2v) is 6.15. The average molecular weight is 261 g/mol. The van der Waals surface area contributed by atoms with E-state index in [2.05, 4.69) is 19.2 Å². The third kappa shape index (κ3) is 2.83. The molecule has 2 aliphatic rings. The fourth-order valence-electron chi connectivity index (χ4n) is 1.97. The Morgan fingerprint density at radius 3 is 2.58 bits per heavy atom. The van der Waals surface area contributed by atoms with Gasteiger partial charge in [0.05, 0.1) is 13.2 Å². The van der Waals surface area contributed by atoms with Crippen LogP contribution in [0.3, 0.4) is 0 Å². The minimum atomic E-state index is -0.0302. The third-order valence-electron chi connectivity index (χ3n) is 3.36. The van der Waals surface area contributed by atoms with Crippen molar-refractivity contribution in [2.75, 3.05) is 13.2 Å². The number of hydrogen-bond donors (Lipinski definition) is 1. The summed E-state index contributed by atoms with van der Waals surface area (Å²) < 4.78 is 11.5. The molecular formula is C15H19NO3. The summed E-state index contributed by atoms with van der Waals surface area (Å²) in [5, 5.41) is 2.97. The van der Waals surface area contributed by atoms with Crippen LogP contribution in [-0.2, 0) is 0 Å². The van der Waals surface area contributed by atoms with E-state index in [0.717, 1.165) is 12.8 Å². The van der Waals surface area contributed by atoms with Crippen LogP contribution in [0.25, 0.3) is 0 Å². The number of hydrogen-bond acceptors (Lipinski definition) is 3. The maximum atomic E-state index is 12.0. The van der Waals surface area contributed by atoms with Crippen molar-refractivity contribution in [1.82, 2.24) is 5.32 Å². The molecule has 1 aliphatic heterocycles. The quantitative estimate of drug-likeness (QED) is 0.889. The number of nitrogens with one attached hydrogen (secondary N) is 1. The van der Waals surface area contributed by atoms with Crippen LogP contribution in [0, 0.1) is 5.41 Å². The summed E-state index contributed by atoms with van der Waals surface area (Å²) in [5.74, 6) is 1.35. The Morgan fingerprint density at radius 2 is 1.89 bits per heavy atom. The van der Waals surface area contributed by atoms with Gasteiger partial charge in [0.25, 0.3) is 5.91 Å². The smallest absolute Gasteiger partial charge is 0.251 e. The van der Waals surface area contributed by atoms with E-state index >= 15 is 0 Å². The molecule has 1 amide bonds. The number of fused-ring (bicyclic) bond motifs is 1. The highest BCUT2D eigenvalue weighted by Crippen LogP contribution is 2.34. The van der Waals surface area contributed by atoms with Crippen LogP contribution in [0.5, 0.6) is 11.5 Å². The first-order chi connectivity index (χ1) is 9.03. The molecule has 0 unspecified atom stereocenters. The van der Waals surface area contributed by atoms with E-state index in [1.54, 1.807) is 12.1 Å². The Morgan fingerprint density at radius 1 is 1.21 bits per heavy atom. The molecule has 1 saturated carbocycles. The highest BCUT2D eigenvalue weighted by atomic mass is 16.5. The molecule has 1 fully saturated rings. The summed E-state index contributed by atoms with van der Waals surface area (Å²) in [7, 11) is 0. The van der Waals surface area contributed by atoms with E-state index < -0.39 is 0 Å². The average Bonchev–Trinajstić information content (AvgIpc) is 3.18. The van der Waals surface area contributed by atoms with Crippen molar-refractivity contribution in [2.45, 2.75) is 32.7 Å². The van der Waals surface area contributed by atoms with Gasteiger partial charge < -0.3 is 14.8 Å². The van der Waals surface area contributed by atoms with Gasteiger partial charge in [-0.1, -0.05) is 13.8 Å². The Bertz CT molecular complexity index is 506. The number of rotatable bonds is 2. The van der Waals surface area contributed by atoms with Crippen LogP contribution in [0.15, 0.2) is 18.2 Å². The van der Waals surface area contributed by atoms with Crippen molar-refractivity contribution in [1.29, 1.82) is 0 Å². The Kier molecular flexibility index (Phi) is 2.88. The maximum Gasteiger partial charge on any atom is 0.251 e. The van der Waals surface area contributed by atoms with Gasteiger partial charge in [0.2, 0.25) is 0 Å².